The van der Waals surface area contributed by atoms with Gasteiger partial charge in [0.1, 0.15) is 0 Å². The molecule has 0 aliphatic rings. The van der Waals surface area contributed by atoms with E-state index in [0.717, 1.165) is 18.6 Å². The molecule has 0 aromatic rings. The third kappa shape index (κ3) is 4.20. The van der Waals surface area contributed by atoms with Gasteiger partial charge in [0.2, 0.25) is 0 Å². The summed E-state index contributed by atoms with van der Waals surface area (Å²) in [5.74, 6) is 0. The van der Waals surface area contributed by atoms with Crippen LogP contribution in [-0.4, -0.2) is 11.9 Å². The van der Waals surface area contributed by atoms with Crippen LogP contribution in [0.2, 0.25) is 0 Å². The van der Waals surface area contributed by atoms with Crippen molar-refractivity contribution in [3.63, 3.8) is 0 Å². The Morgan fingerprint density at radius 3 is 2.00 bits per heavy atom. The zero-order valence-electron chi connectivity index (χ0n) is 9.49. The Morgan fingerprint density at radius 2 is 1.69 bits per heavy atom. The number of hydrogen-bond acceptors (Lipinski definition) is 2. The van der Waals surface area contributed by atoms with Gasteiger partial charge in [-0.05, 0) is 31.4 Å². The predicted octanol–water partition coefficient (Wildman–Crippen LogP) is 3.51. The van der Waals surface area contributed by atoms with E-state index in [2.05, 4.69) is 27.7 Å². The molecule has 2 N–H and O–H groups in total. The van der Waals surface area contributed by atoms with E-state index >= 15 is 0 Å². The lowest BCUT2D eigenvalue weighted by molar-refractivity contribution is 0.261. The quantitative estimate of drug-likeness (QED) is 0.611. The maximum atomic E-state index is 7.65. The fourth-order valence-electron chi connectivity index (χ4n) is 1.68. The zero-order valence-corrected chi connectivity index (χ0v) is 9.49. The van der Waals surface area contributed by atoms with Gasteiger partial charge in [0.05, 0.1) is 0 Å². The minimum Gasteiger partial charge on any atom is -0.313 e. The highest BCUT2D eigenvalue weighted by atomic mass is 14.5. The third-order valence-electron chi connectivity index (χ3n) is 2.59. The highest BCUT2D eigenvalue weighted by molar-refractivity contribution is 5.84. The molecular weight excluding hydrogens is 160 g/mol. The lowest BCUT2D eigenvalue weighted by Gasteiger charge is -2.33. The minimum absolute atomic E-state index is 0.0352. The lowest BCUT2D eigenvalue weighted by Crippen LogP contribution is -2.28. The Bertz CT molecular complexity index is 202. The normalized spacial score (nSPS) is 12.7. The van der Waals surface area contributed by atoms with Gasteiger partial charge >= 0.3 is 0 Å². The number of nitrogens with one attached hydrogen (secondary N) is 2. The van der Waals surface area contributed by atoms with E-state index in [1.165, 1.54) is 6.21 Å². The molecule has 76 valence electrons. The van der Waals surface area contributed by atoms with Gasteiger partial charge in [-0.1, -0.05) is 27.7 Å². The van der Waals surface area contributed by atoms with Gasteiger partial charge in [-0.25, -0.2) is 0 Å². The van der Waals surface area contributed by atoms with Crippen LogP contribution in [0.5, 0.6) is 0 Å². The van der Waals surface area contributed by atoms with E-state index in [1.54, 1.807) is 0 Å². The van der Waals surface area contributed by atoms with E-state index in [9.17, 15) is 0 Å². The van der Waals surface area contributed by atoms with Crippen molar-refractivity contribution in [3.05, 3.63) is 0 Å². The highest BCUT2D eigenvalue weighted by Crippen LogP contribution is 2.36. The molecule has 0 bridgehead atoms. The molecule has 0 saturated carbocycles. The van der Waals surface area contributed by atoms with Crippen molar-refractivity contribution in [2.75, 3.05) is 0 Å². The van der Waals surface area contributed by atoms with Gasteiger partial charge < -0.3 is 10.8 Å². The molecule has 0 aromatic carbocycles. The van der Waals surface area contributed by atoms with Gasteiger partial charge in [0.15, 0.2) is 0 Å². The van der Waals surface area contributed by atoms with E-state index in [0.29, 0.717) is 0 Å². The topological polar surface area (TPSA) is 47.7 Å². The van der Waals surface area contributed by atoms with Crippen LogP contribution in [0.25, 0.3) is 0 Å². The van der Waals surface area contributed by atoms with Crippen LogP contribution in [0.15, 0.2) is 0 Å². The molecule has 0 heterocycles. The van der Waals surface area contributed by atoms with Crippen molar-refractivity contribution >= 4 is 11.9 Å². The van der Waals surface area contributed by atoms with E-state index < -0.39 is 0 Å². The largest absolute Gasteiger partial charge is 0.313 e. The summed E-state index contributed by atoms with van der Waals surface area (Å²) in [6.45, 7) is 10.4. The highest BCUT2D eigenvalue weighted by Gasteiger charge is 2.29. The van der Waals surface area contributed by atoms with E-state index in [4.69, 9.17) is 10.8 Å². The van der Waals surface area contributed by atoms with Crippen molar-refractivity contribution in [3.8, 4) is 0 Å². The SMILES string of the molecule is CC(=N)C(C)(C)CC(C)(C)CC=N. The summed E-state index contributed by atoms with van der Waals surface area (Å²) in [5, 5.41) is 14.7. The van der Waals surface area contributed by atoms with E-state index in [1.807, 2.05) is 6.92 Å². The molecule has 0 saturated heterocycles. The fraction of sp³-hybridized carbons (Fsp3) is 0.818. The predicted molar refractivity (Wildman–Crippen MR) is 59.0 cm³/mol. The second-order valence-corrected chi connectivity index (χ2v) is 5.26. The first kappa shape index (κ1) is 12.3. The van der Waals surface area contributed by atoms with Crippen LogP contribution in [0, 0.1) is 21.6 Å². The van der Waals surface area contributed by atoms with Crippen LogP contribution >= 0.6 is 0 Å². The molecule has 0 spiro atoms. The molecule has 0 rings (SSSR count). The smallest absolute Gasteiger partial charge is 0.0115 e. The molecule has 0 fully saturated rings. The molecule has 0 aliphatic carbocycles. The van der Waals surface area contributed by atoms with Gasteiger partial charge in [0, 0.05) is 11.1 Å². The average molecular weight is 182 g/mol. The first-order valence-corrected chi connectivity index (χ1v) is 4.76. The Morgan fingerprint density at radius 1 is 1.23 bits per heavy atom. The van der Waals surface area contributed by atoms with Crippen LogP contribution < -0.4 is 0 Å². The van der Waals surface area contributed by atoms with Crippen molar-refractivity contribution in [2.24, 2.45) is 10.8 Å². The maximum absolute atomic E-state index is 7.65. The molecule has 0 radical (unpaired) electrons. The summed E-state index contributed by atoms with van der Waals surface area (Å²) in [7, 11) is 0. The monoisotopic (exact) mass is 182 g/mol. The maximum Gasteiger partial charge on any atom is 0.0115 e. The average Bonchev–Trinajstić information content (AvgIpc) is 1.83. The van der Waals surface area contributed by atoms with Crippen molar-refractivity contribution in [1.29, 1.82) is 10.8 Å². The van der Waals surface area contributed by atoms with Crippen LogP contribution in [0.4, 0.5) is 0 Å². The zero-order chi connectivity index (χ0) is 10.7. The molecule has 0 atom stereocenters. The van der Waals surface area contributed by atoms with E-state index in [-0.39, 0.29) is 10.8 Å². The molecule has 0 unspecified atom stereocenters. The van der Waals surface area contributed by atoms with Crippen LogP contribution in [0.3, 0.4) is 0 Å². The van der Waals surface area contributed by atoms with Gasteiger partial charge in [-0.2, -0.15) is 0 Å². The molecule has 2 nitrogen and oxygen atoms in total. The first-order valence-electron chi connectivity index (χ1n) is 4.76. The molecule has 0 aromatic heterocycles. The number of rotatable bonds is 5. The summed E-state index contributed by atoms with van der Waals surface area (Å²) < 4.78 is 0. The lowest BCUT2D eigenvalue weighted by atomic mass is 9.71. The first-order chi connectivity index (χ1) is 5.71. The summed E-state index contributed by atoms with van der Waals surface area (Å²) in [6.07, 6.45) is 3.23. The Labute approximate surface area is 81.8 Å². The molecule has 0 amide bonds. The summed E-state index contributed by atoms with van der Waals surface area (Å²) in [4.78, 5) is 0. The Balaban J connectivity index is 4.41. The van der Waals surface area contributed by atoms with Crippen molar-refractivity contribution in [2.45, 2.75) is 47.5 Å². The molecule has 13 heavy (non-hydrogen) atoms. The van der Waals surface area contributed by atoms with Gasteiger partial charge in [-0.15, -0.1) is 0 Å². The standard InChI is InChI=1S/C11H22N2/c1-9(13)11(4,5)8-10(2,3)6-7-12/h7,12-13H,6,8H2,1-5H3. The molecular formula is C11H22N2. The summed E-state index contributed by atoms with van der Waals surface area (Å²) >= 11 is 0. The van der Waals surface area contributed by atoms with Crippen LogP contribution in [0.1, 0.15) is 47.5 Å². The fourth-order valence-corrected chi connectivity index (χ4v) is 1.68. The Kier molecular flexibility index (Phi) is 3.83. The Hall–Kier alpha value is -0.660. The van der Waals surface area contributed by atoms with Crippen LogP contribution in [-0.2, 0) is 0 Å². The third-order valence-corrected chi connectivity index (χ3v) is 2.59. The molecule has 0 aliphatic heterocycles. The van der Waals surface area contributed by atoms with Gasteiger partial charge in [-0.3, -0.25) is 0 Å². The minimum atomic E-state index is -0.0352. The molecule has 2 heteroatoms. The second-order valence-electron chi connectivity index (χ2n) is 5.26. The summed E-state index contributed by atoms with van der Waals surface area (Å²) in [5.41, 5.74) is 0.825. The van der Waals surface area contributed by atoms with Gasteiger partial charge in [0.25, 0.3) is 0 Å². The summed E-state index contributed by atoms with van der Waals surface area (Å²) in [6, 6.07) is 0. The second kappa shape index (κ2) is 4.03. The van der Waals surface area contributed by atoms with Crippen molar-refractivity contribution < 1.29 is 0 Å². The van der Waals surface area contributed by atoms with Crippen molar-refractivity contribution in [1.82, 2.24) is 0 Å². The number of hydrogen-bond donors (Lipinski definition) is 2.